The van der Waals surface area contributed by atoms with Gasteiger partial charge in [-0.3, -0.25) is 9.79 Å². The topological polar surface area (TPSA) is 368 Å². The Balaban J connectivity index is -0.0000000849. The molecule has 0 saturated heterocycles. The van der Waals surface area contributed by atoms with Crippen LogP contribution in [0.2, 0.25) is 0 Å². The second kappa shape index (κ2) is 36.1. The molecule has 0 bridgehead atoms. The maximum Gasteiger partial charge on any atom is 0.177 e. The molecule has 0 aliphatic rings. The number of hydrogen-bond acceptors (Lipinski definition) is 19. The van der Waals surface area contributed by atoms with Gasteiger partial charge in [0.05, 0.1) is 26.4 Å². The fraction of sp³-hybridized carbons (Fsp3) is 0.857. The molecule has 43 heavy (non-hydrogen) atoms. The molecule has 0 saturated carbocycles. The lowest BCUT2D eigenvalue weighted by Gasteiger charge is -2.23. The van der Waals surface area contributed by atoms with E-state index in [1.165, 1.54) is 21.1 Å². The molecule has 0 aliphatic heterocycles. The van der Waals surface area contributed by atoms with E-state index in [2.05, 4.69) is 16.0 Å². The maximum absolute atomic E-state index is 10.9. The van der Waals surface area contributed by atoms with E-state index in [-0.39, 0.29) is 42.5 Å². The van der Waals surface area contributed by atoms with Crippen LogP contribution in [0.4, 0.5) is 0 Å². The molecule has 266 valence electrons. The van der Waals surface area contributed by atoms with Crippen molar-refractivity contribution in [2.75, 3.05) is 47.5 Å². The minimum absolute atomic E-state index is 0. The first-order valence-corrected chi connectivity index (χ1v) is 11.6. The van der Waals surface area contributed by atoms with Gasteiger partial charge in [-0.25, -0.2) is 0 Å². The average molecular weight is 700 g/mol. The zero-order valence-corrected chi connectivity index (χ0v) is 28.8. The summed E-state index contributed by atoms with van der Waals surface area (Å²) in [4.78, 5) is 24.3. The third kappa shape index (κ3) is 26.6. The van der Waals surface area contributed by atoms with Crippen molar-refractivity contribution in [2.24, 2.45) is 10.7 Å². The number of likely N-dealkylation sites (N-methyl/N-ethyl adjacent to an activating group) is 1. The summed E-state index contributed by atoms with van der Waals surface area (Å²) in [6.07, 6.45) is -16.6. The van der Waals surface area contributed by atoms with Crippen molar-refractivity contribution in [3.63, 3.8) is 0 Å². The predicted molar refractivity (Wildman–Crippen MR) is 170 cm³/mol. The molecule has 22 heteroatoms. The molecule has 0 spiro atoms. The lowest BCUT2D eigenvalue weighted by molar-refractivity contribution is -0.139. The first-order valence-electron chi connectivity index (χ1n) is 11.6. The minimum Gasteiger partial charge on any atom is -0.394 e. The molecule has 17 N–H and O–H groups in total. The normalized spacial score (nSPS) is 17.9. The molecular weight excluding hydrogens is 643 g/mol. The smallest absolute Gasteiger partial charge is 0.177 e. The third-order valence-electron chi connectivity index (χ3n) is 4.59. The van der Waals surface area contributed by atoms with Gasteiger partial charge in [-0.05, 0) is 14.1 Å². The summed E-state index contributed by atoms with van der Waals surface area (Å²) in [5.74, 6) is -0.637. The number of nitrogens with zero attached hydrogens (tertiary/aromatic N) is 1. The summed E-state index contributed by atoms with van der Waals surface area (Å²) in [7, 11) is 4.41. The van der Waals surface area contributed by atoms with E-state index < -0.39 is 92.7 Å². The molecule has 0 amide bonds. The molecule has 0 aromatic heterocycles. The summed E-state index contributed by atoms with van der Waals surface area (Å²) in [6.45, 7) is -2.25. The van der Waals surface area contributed by atoms with Gasteiger partial charge in [0.2, 0.25) is 0 Å². The number of aldehydes is 1. The molecule has 0 rings (SSSR count). The van der Waals surface area contributed by atoms with E-state index in [4.69, 9.17) is 71.5 Å². The first-order chi connectivity index (χ1) is 18.6. The molecule has 0 fully saturated rings. The molecule has 19 nitrogen and oxygen atoms in total. The highest BCUT2D eigenvalue weighted by atomic mass is 31.0. The Morgan fingerprint density at radius 3 is 1.28 bits per heavy atom. The summed E-state index contributed by atoms with van der Waals surface area (Å²) >= 11 is 0. The predicted octanol–water partition coefficient (Wildman–Crippen LogP) is -9.66. The highest BCUT2D eigenvalue weighted by molar-refractivity contribution is 6.92. The van der Waals surface area contributed by atoms with Gasteiger partial charge in [0.25, 0.3) is 0 Å². The maximum atomic E-state index is 10.9. The Labute approximate surface area is 260 Å². The van der Waals surface area contributed by atoms with E-state index >= 15 is 0 Å². The lowest BCUT2D eigenvalue weighted by Crippen LogP contribution is -2.46. The summed E-state index contributed by atoms with van der Waals surface area (Å²) in [5, 5.41) is 126. The summed E-state index contributed by atoms with van der Waals surface area (Å²) < 4.78 is 0. The number of ketones is 1. The van der Waals surface area contributed by atoms with Gasteiger partial charge < -0.3 is 87.3 Å². The number of rotatable bonds is 16. The van der Waals surface area contributed by atoms with Crippen LogP contribution in [-0.2, 0) is 9.59 Å². The highest BCUT2D eigenvalue weighted by Gasteiger charge is 2.30. The number of nitrogens with one attached hydrogen (secondary N) is 1. The van der Waals surface area contributed by atoms with E-state index in [9.17, 15) is 9.59 Å². The molecule has 14 unspecified atom stereocenters. The Morgan fingerprint density at radius 1 is 0.674 bits per heavy atom. The Bertz CT molecular complexity index is 650. The van der Waals surface area contributed by atoms with Crippen LogP contribution in [-0.4, -0.2) is 204 Å². The fourth-order valence-corrected chi connectivity index (χ4v) is 2.18. The number of aliphatic imine (C=N–C) groups is 1. The SMILES string of the molecule is CN.CN=CC(O)C(O)C(O)C(O)CO.CNCC(=O)C(O)C(O)C(O)CO.O=CC(O)C(O)C(O)C(O)CO.P.P.P. The molecule has 0 aromatic rings. The Kier molecular flexibility index (Phi) is 48.9. The van der Waals surface area contributed by atoms with Gasteiger partial charge in [0, 0.05) is 13.3 Å². The quantitative estimate of drug-likeness (QED) is 0.0404. The molecule has 0 radical (unpaired) electrons. The molecule has 0 heterocycles. The molecular formula is C21H56N3O16P3. The summed E-state index contributed by atoms with van der Waals surface area (Å²) in [6, 6.07) is 0. The zero-order valence-electron chi connectivity index (χ0n) is 24.6. The van der Waals surface area contributed by atoms with Crippen molar-refractivity contribution in [2.45, 2.75) is 67.1 Å². The number of aliphatic hydroxyl groups is 14. The molecule has 0 aliphatic carbocycles. The van der Waals surface area contributed by atoms with Crippen molar-refractivity contribution in [1.82, 2.24) is 5.32 Å². The van der Waals surface area contributed by atoms with E-state index in [0.717, 1.165) is 6.21 Å². The number of nitrogens with two attached hydrogens (primary N) is 1. The third-order valence-corrected chi connectivity index (χ3v) is 4.59. The van der Waals surface area contributed by atoms with Gasteiger partial charge in [0.15, 0.2) is 12.1 Å². The van der Waals surface area contributed by atoms with Gasteiger partial charge in [-0.1, -0.05) is 0 Å². The fourth-order valence-electron chi connectivity index (χ4n) is 2.18. The van der Waals surface area contributed by atoms with Crippen LogP contribution in [0, 0.1) is 0 Å². The van der Waals surface area contributed by atoms with Crippen LogP contribution in [0.15, 0.2) is 4.99 Å². The standard InChI is InChI=1S/2C7H15NO5.C6H12O6.CH5N.3H3P/c2*1-8-2-4(10)6(12)7(13)5(11)3-9;7-1-3(9)5(11)6(12)4(10)2-8;1-2;;;/h5-9,11-13H,2-3H2,1H3;2,4-7,9-13H,3H2,1H3;1,3-6,8-12H,2H2;2H2,1H3;3*1H3. The van der Waals surface area contributed by atoms with Crippen molar-refractivity contribution < 1.29 is 81.1 Å². The second-order valence-electron chi connectivity index (χ2n) is 7.67. The van der Waals surface area contributed by atoms with Gasteiger partial charge in [0.1, 0.15) is 67.1 Å². The number of aliphatic hydroxyl groups excluding tert-OH is 14. The molecule has 14 atom stereocenters. The van der Waals surface area contributed by atoms with Crippen LogP contribution < -0.4 is 11.1 Å². The number of Topliss-reactive ketones (excluding diaryl/α,β-unsaturated/α-hetero) is 1. The van der Waals surface area contributed by atoms with Crippen LogP contribution >= 0.6 is 29.7 Å². The van der Waals surface area contributed by atoms with E-state index in [1.807, 2.05) is 0 Å². The minimum atomic E-state index is -1.79. The van der Waals surface area contributed by atoms with E-state index in [1.54, 1.807) is 0 Å². The number of carbonyl (C=O) groups is 2. The van der Waals surface area contributed by atoms with Crippen LogP contribution in [0.25, 0.3) is 0 Å². The average Bonchev–Trinajstić information content (AvgIpc) is 2.98. The lowest BCUT2D eigenvalue weighted by atomic mass is 10.0. The van der Waals surface area contributed by atoms with Crippen LogP contribution in [0.5, 0.6) is 0 Å². The van der Waals surface area contributed by atoms with Gasteiger partial charge >= 0.3 is 0 Å². The van der Waals surface area contributed by atoms with Crippen molar-refractivity contribution in [3.05, 3.63) is 0 Å². The van der Waals surface area contributed by atoms with Crippen molar-refractivity contribution in [3.8, 4) is 0 Å². The van der Waals surface area contributed by atoms with Gasteiger partial charge in [-0.15, -0.1) is 0 Å². The Morgan fingerprint density at radius 2 is 1.00 bits per heavy atom. The van der Waals surface area contributed by atoms with Crippen LogP contribution in [0.3, 0.4) is 0 Å². The highest BCUT2D eigenvalue weighted by Crippen LogP contribution is 2.04. The molecule has 0 aromatic carbocycles. The van der Waals surface area contributed by atoms with Crippen molar-refractivity contribution in [1.29, 1.82) is 0 Å². The van der Waals surface area contributed by atoms with E-state index in [0.29, 0.717) is 0 Å². The Hall–Kier alpha value is -0.340. The first kappa shape index (κ1) is 58.2. The van der Waals surface area contributed by atoms with Gasteiger partial charge in [-0.2, -0.15) is 29.7 Å². The number of carbonyl (C=O) groups excluding carboxylic acids is 2. The van der Waals surface area contributed by atoms with Crippen molar-refractivity contribution >= 4 is 48.0 Å². The summed E-state index contributed by atoms with van der Waals surface area (Å²) in [5.41, 5.74) is 4.50. The largest absolute Gasteiger partial charge is 0.394 e. The zero-order chi connectivity index (χ0) is 32.6. The monoisotopic (exact) mass is 699 g/mol. The number of hydrogen-bond donors (Lipinski definition) is 16. The second-order valence-corrected chi connectivity index (χ2v) is 7.67. The van der Waals surface area contributed by atoms with Crippen LogP contribution in [0.1, 0.15) is 0 Å².